The number of benzene rings is 1. The van der Waals surface area contributed by atoms with Gasteiger partial charge in [0.05, 0.1) is 4.92 Å². The molecular formula is C11H7FN4O2. The fraction of sp³-hybridized carbons (Fsp3) is 0.0909. The van der Waals surface area contributed by atoms with Crippen LogP contribution in [0.5, 0.6) is 0 Å². The number of rotatable bonds is 3. The van der Waals surface area contributed by atoms with E-state index in [1.807, 2.05) is 0 Å². The molecule has 7 heteroatoms. The molecule has 1 rings (SSSR count). The SMILES string of the molecule is Cc1c(NC=C(C#N)C#N)ccc([N+](=O)[O-])c1F. The quantitative estimate of drug-likeness (QED) is 0.501. The molecule has 1 aromatic rings. The molecule has 1 N–H and O–H groups in total. The van der Waals surface area contributed by atoms with Gasteiger partial charge in [-0.3, -0.25) is 10.1 Å². The average molecular weight is 246 g/mol. The third-order valence-electron chi connectivity index (χ3n) is 2.18. The highest BCUT2D eigenvalue weighted by Crippen LogP contribution is 2.26. The van der Waals surface area contributed by atoms with Crippen LogP contribution in [0, 0.1) is 45.5 Å². The first-order valence-electron chi connectivity index (χ1n) is 4.71. The number of hydrogen-bond donors (Lipinski definition) is 1. The van der Waals surface area contributed by atoms with Crippen LogP contribution >= 0.6 is 0 Å². The Balaban J connectivity index is 3.12. The van der Waals surface area contributed by atoms with Gasteiger partial charge in [-0.15, -0.1) is 0 Å². The van der Waals surface area contributed by atoms with E-state index in [1.54, 1.807) is 12.1 Å². The maximum atomic E-state index is 13.6. The second-order valence-electron chi connectivity index (χ2n) is 3.25. The maximum absolute atomic E-state index is 13.6. The Bertz CT molecular complexity index is 595. The van der Waals surface area contributed by atoms with Crippen LogP contribution in [-0.4, -0.2) is 4.92 Å². The summed E-state index contributed by atoms with van der Waals surface area (Å²) in [5, 5.41) is 30.0. The van der Waals surface area contributed by atoms with E-state index >= 15 is 0 Å². The monoisotopic (exact) mass is 246 g/mol. The van der Waals surface area contributed by atoms with Crippen molar-refractivity contribution in [2.45, 2.75) is 6.92 Å². The minimum Gasteiger partial charge on any atom is -0.360 e. The number of nitriles is 2. The maximum Gasteiger partial charge on any atom is 0.305 e. The molecule has 0 radical (unpaired) electrons. The number of allylic oxidation sites excluding steroid dienone is 1. The van der Waals surface area contributed by atoms with E-state index in [9.17, 15) is 14.5 Å². The zero-order chi connectivity index (χ0) is 13.7. The molecule has 0 bridgehead atoms. The first kappa shape index (κ1) is 13.1. The van der Waals surface area contributed by atoms with Crippen molar-refractivity contribution in [2.75, 3.05) is 5.32 Å². The van der Waals surface area contributed by atoms with Gasteiger partial charge in [0, 0.05) is 23.5 Å². The van der Waals surface area contributed by atoms with Gasteiger partial charge in [0.25, 0.3) is 0 Å². The number of nitrogens with zero attached hydrogens (tertiary/aromatic N) is 3. The Hall–Kier alpha value is -2.93. The van der Waals surface area contributed by atoms with Crippen LogP contribution in [-0.2, 0) is 0 Å². The summed E-state index contributed by atoms with van der Waals surface area (Å²) in [7, 11) is 0. The van der Waals surface area contributed by atoms with E-state index in [-0.39, 0.29) is 16.8 Å². The molecule has 0 saturated carbocycles. The standard InChI is InChI=1S/C11H7FN4O2/c1-7-9(15-6-8(4-13)5-14)2-3-10(11(7)12)16(17)18/h2-3,6,15H,1H3. The average Bonchev–Trinajstić information content (AvgIpc) is 2.35. The fourth-order valence-electron chi connectivity index (χ4n) is 1.21. The lowest BCUT2D eigenvalue weighted by Gasteiger charge is -2.06. The van der Waals surface area contributed by atoms with E-state index in [0.29, 0.717) is 0 Å². The molecule has 0 fully saturated rings. The normalized spacial score (nSPS) is 8.89. The van der Waals surface area contributed by atoms with Crippen LogP contribution < -0.4 is 5.32 Å². The summed E-state index contributed by atoms with van der Waals surface area (Å²) < 4.78 is 13.6. The molecule has 0 heterocycles. The second kappa shape index (κ2) is 5.41. The van der Waals surface area contributed by atoms with Gasteiger partial charge < -0.3 is 5.32 Å². The van der Waals surface area contributed by atoms with Gasteiger partial charge in [0.2, 0.25) is 5.82 Å². The fourth-order valence-corrected chi connectivity index (χ4v) is 1.21. The molecular weight excluding hydrogens is 239 g/mol. The summed E-state index contributed by atoms with van der Waals surface area (Å²) in [5.74, 6) is -0.950. The molecule has 0 aliphatic carbocycles. The Morgan fingerprint density at radius 3 is 2.61 bits per heavy atom. The highest BCUT2D eigenvalue weighted by molar-refractivity contribution is 5.59. The van der Waals surface area contributed by atoms with Gasteiger partial charge in [-0.2, -0.15) is 14.9 Å². The van der Waals surface area contributed by atoms with Crippen molar-refractivity contribution in [2.24, 2.45) is 0 Å². The van der Waals surface area contributed by atoms with E-state index in [4.69, 9.17) is 10.5 Å². The third-order valence-corrected chi connectivity index (χ3v) is 2.18. The van der Waals surface area contributed by atoms with Crippen LogP contribution in [0.1, 0.15) is 5.56 Å². The lowest BCUT2D eigenvalue weighted by Crippen LogP contribution is -1.99. The molecule has 1 aromatic carbocycles. The van der Waals surface area contributed by atoms with Crippen molar-refractivity contribution in [3.8, 4) is 12.1 Å². The van der Waals surface area contributed by atoms with Gasteiger partial charge in [-0.25, -0.2) is 0 Å². The topological polar surface area (TPSA) is 103 Å². The lowest BCUT2D eigenvalue weighted by molar-refractivity contribution is -0.387. The molecule has 6 nitrogen and oxygen atoms in total. The first-order chi connectivity index (χ1) is 8.51. The predicted octanol–water partition coefficient (Wildman–Crippen LogP) is 2.39. The Labute approximate surface area is 102 Å². The zero-order valence-corrected chi connectivity index (χ0v) is 9.27. The molecule has 0 unspecified atom stereocenters. The molecule has 18 heavy (non-hydrogen) atoms. The van der Waals surface area contributed by atoms with E-state index < -0.39 is 16.4 Å². The van der Waals surface area contributed by atoms with Crippen molar-refractivity contribution < 1.29 is 9.31 Å². The second-order valence-corrected chi connectivity index (χ2v) is 3.25. The molecule has 90 valence electrons. The molecule has 0 saturated heterocycles. The van der Waals surface area contributed by atoms with E-state index in [1.165, 1.54) is 13.0 Å². The van der Waals surface area contributed by atoms with Gasteiger partial charge in [-0.1, -0.05) is 0 Å². The zero-order valence-electron chi connectivity index (χ0n) is 9.27. The van der Waals surface area contributed by atoms with Crippen LogP contribution in [0.2, 0.25) is 0 Å². The minimum atomic E-state index is -0.950. The number of nitro benzene ring substituents is 1. The Kier molecular flexibility index (Phi) is 3.95. The highest BCUT2D eigenvalue weighted by atomic mass is 19.1. The van der Waals surface area contributed by atoms with Crippen molar-refractivity contribution in [3.63, 3.8) is 0 Å². The summed E-state index contributed by atoms with van der Waals surface area (Å²) in [6, 6.07) is 5.56. The highest BCUT2D eigenvalue weighted by Gasteiger charge is 2.17. The smallest absolute Gasteiger partial charge is 0.305 e. The van der Waals surface area contributed by atoms with Gasteiger partial charge in [-0.05, 0) is 13.0 Å². The van der Waals surface area contributed by atoms with Crippen molar-refractivity contribution in [1.29, 1.82) is 10.5 Å². The predicted molar refractivity (Wildman–Crippen MR) is 60.7 cm³/mol. The number of nitro groups is 1. The summed E-state index contributed by atoms with van der Waals surface area (Å²) in [6.45, 7) is 1.36. The number of nitrogens with one attached hydrogen (secondary N) is 1. The van der Waals surface area contributed by atoms with Crippen LogP contribution in [0.15, 0.2) is 23.9 Å². The Morgan fingerprint density at radius 1 is 1.50 bits per heavy atom. The minimum absolute atomic E-state index is 0.0377. The molecule has 0 aromatic heterocycles. The number of anilines is 1. The molecule has 0 aliphatic heterocycles. The van der Waals surface area contributed by atoms with Crippen LogP contribution in [0.25, 0.3) is 0 Å². The number of hydrogen-bond acceptors (Lipinski definition) is 5. The van der Waals surface area contributed by atoms with Gasteiger partial charge in [0.15, 0.2) is 0 Å². The summed E-state index contributed by atoms with van der Waals surface area (Å²) in [6.07, 6.45) is 1.10. The van der Waals surface area contributed by atoms with Crippen molar-refractivity contribution >= 4 is 11.4 Å². The molecule has 0 aliphatic rings. The molecule has 0 atom stereocenters. The van der Waals surface area contributed by atoms with E-state index in [2.05, 4.69) is 5.32 Å². The summed E-state index contributed by atoms with van der Waals surface area (Å²) in [4.78, 5) is 9.67. The van der Waals surface area contributed by atoms with Crippen molar-refractivity contribution in [1.82, 2.24) is 0 Å². The Morgan fingerprint density at radius 2 is 2.11 bits per heavy atom. The largest absolute Gasteiger partial charge is 0.360 e. The molecule has 0 spiro atoms. The molecule has 0 amide bonds. The third kappa shape index (κ3) is 2.60. The van der Waals surface area contributed by atoms with Gasteiger partial charge in [0.1, 0.15) is 17.7 Å². The number of halogens is 1. The van der Waals surface area contributed by atoms with Crippen molar-refractivity contribution in [3.05, 3.63) is 45.4 Å². The van der Waals surface area contributed by atoms with Crippen LogP contribution in [0.4, 0.5) is 15.8 Å². The van der Waals surface area contributed by atoms with E-state index in [0.717, 1.165) is 12.3 Å². The summed E-state index contributed by atoms with van der Waals surface area (Å²) >= 11 is 0. The summed E-state index contributed by atoms with van der Waals surface area (Å²) in [5.41, 5.74) is -0.521. The first-order valence-corrected chi connectivity index (χ1v) is 4.71. The van der Waals surface area contributed by atoms with Gasteiger partial charge >= 0.3 is 5.69 Å². The lowest BCUT2D eigenvalue weighted by atomic mass is 10.1. The van der Waals surface area contributed by atoms with Crippen LogP contribution in [0.3, 0.4) is 0 Å².